The van der Waals surface area contributed by atoms with Gasteiger partial charge in [0.15, 0.2) is 0 Å². The summed E-state index contributed by atoms with van der Waals surface area (Å²) in [4.78, 5) is 7.55. The number of unbranched alkanes of at least 4 members (excludes halogenated alkanes) is 7. The smallest absolute Gasteiger partial charge is 0.115 e. The molecule has 1 N–H and O–H groups in total. The van der Waals surface area contributed by atoms with Gasteiger partial charge in [-0.05, 0) is 12.8 Å². The minimum absolute atomic E-state index is 0.706. The standard InChI is InChI=1S/C14H26N2S/c1-2-3-4-5-6-7-8-9-10-13-11-15-14(12-17)16-13/h11,17H,2-10,12H2,1H3,(H,15,16). The number of hydrogen-bond donors (Lipinski definition) is 2. The maximum Gasteiger partial charge on any atom is 0.115 e. The molecule has 0 aliphatic heterocycles. The number of aryl methyl sites for hydroxylation is 1. The molecule has 3 heteroatoms. The highest BCUT2D eigenvalue weighted by molar-refractivity contribution is 7.79. The van der Waals surface area contributed by atoms with Crippen molar-refractivity contribution >= 4 is 12.6 Å². The molecule has 17 heavy (non-hydrogen) atoms. The number of nitrogens with one attached hydrogen (secondary N) is 1. The molecule has 0 fully saturated rings. The molecule has 1 aromatic heterocycles. The van der Waals surface area contributed by atoms with Crippen molar-refractivity contribution in [2.45, 2.75) is 70.5 Å². The number of aromatic nitrogens is 2. The van der Waals surface area contributed by atoms with Gasteiger partial charge >= 0.3 is 0 Å². The van der Waals surface area contributed by atoms with Crippen molar-refractivity contribution in [3.8, 4) is 0 Å². The molecule has 0 bridgehead atoms. The van der Waals surface area contributed by atoms with Crippen molar-refractivity contribution in [2.24, 2.45) is 0 Å². The number of H-pyrrole nitrogens is 1. The Balaban J connectivity index is 1.93. The first kappa shape index (κ1) is 14.6. The van der Waals surface area contributed by atoms with E-state index in [0.29, 0.717) is 5.75 Å². The van der Waals surface area contributed by atoms with E-state index in [9.17, 15) is 0 Å². The number of thiol groups is 1. The van der Waals surface area contributed by atoms with Crippen molar-refractivity contribution in [3.05, 3.63) is 17.7 Å². The molecular formula is C14H26N2S. The van der Waals surface area contributed by atoms with Gasteiger partial charge in [0.2, 0.25) is 0 Å². The SMILES string of the molecule is CCCCCCCCCCc1cnc(CS)[nH]1. The fourth-order valence-corrected chi connectivity index (χ4v) is 2.22. The molecule has 0 unspecified atom stereocenters. The van der Waals surface area contributed by atoms with E-state index in [-0.39, 0.29) is 0 Å². The molecule has 0 saturated carbocycles. The van der Waals surface area contributed by atoms with Gasteiger partial charge in [0, 0.05) is 17.6 Å². The first-order chi connectivity index (χ1) is 8.36. The molecule has 0 aliphatic rings. The van der Waals surface area contributed by atoms with E-state index in [0.717, 1.165) is 12.2 Å². The van der Waals surface area contributed by atoms with Crippen LogP contribution in [-0.2, 0) is 12.2 Å². The molecule has 0 spiro atoms. The molecular weight excluding hydrogens is 228 g/mol. The summed E-state index contributed by atoms with van der Waals surface area (Å²) in [6.45, 7) is 2.27. The Hall–Kier alpha value is -0.440. The van der Waals surface area contributed by atoms with E-state index in [2.05, 4.69) is 29.5 Å². The molecule has 0 radical (unpaired) electrons. The zero-order valence-electron chi connectivity index (χ0n) is 11.0. The van der Waals surface area contributed by atoms with Gasteiger partial charge in [-0.1, -0.05) is 51.9 Å². The van der Waals surface area contributed by atoms with Gasteiger partial charge in [-0.3, -0.25) is 0 Å². The number of hydrogen-bond acceptors (Lipinski definition) is 2. The van der Waals surface area contributed by atoms with E-state index >= 15 is 0 Å². The summed E-state index contributed by atoms with van der Waals surface area (Å²) in [6, 6.07) is 0. The highest BCUT2D eigenvalue weighted by atomic mass is 32.1. The van der Waals surface area contributed by atoms with Crippen molar-refractivity contribution in [2.75, 3.05) is 0 Å². The summed E-state index contributed by atoms with van der Waals surface area (Å²) in [6.07, 6.45) is 14.1. The van der Waals surface area contributed by atoms with Crippen LogP contribution >= 0.6 is 12.6 Å². The van der Waals surface area contributed by atoms with Crippen LogP contribution in [0.25, 0.3) is 0 Å². The third kappa shape index (κ3) is 6.77. The lowest BCUT2D eigenvalue weighted by atomic mass is 10.1. The van der Waals surface area contributed by atoms with Gasteiger partial charge in [0.05, 0.1) is 0 Å². The molecule has 0 aliphatic carbocycles. The Bertz CT molecular complexity index is 284. The normalized spacial score (nSPS) is 10.9. The monoisotopic (exact) mass is 254 g/mol. The third-order valence-corrected chi connectivity index (χ3v) is 3.43. The lowest BCUT2D eigenvalue weighted by molar-refractivity contribution is 0.574. The predicted octanol–water partition coefficient (Wildman–Crippen LogP) is 4.52. The summed E-state index contributed by atoms with van der Waals surface area (Å²) in [5, 5.41) is 0. The molecule has 0 atom stereocenters. The van der Waals surface area contributed by atoms with Gasteiger partial charge in [0.1, 0.15) is 5.82 Å². The maximum atomic E-state index is 4.25. The molecule has 0 saturated heterocycles. The third-order valence-electron chi connectivity index (χ3n) is 3.13. The van der Waals surface area contributed by atoms with Crippen molar-refractivity contribution in [3.63, 3.8) is 0 Å². The predicted molar refractivity (Wildman–Crippen MR) is 77.6 cm³/mol. The molecule has 1 rings (SSSR count). The zero-order valence-corrected chi connectivity index (χ0v) is 11.9. The Morgan fingerprint density at radius 2 is 1.71 bits per heavy atom. The Morgan fingerprint density at radius 3 is 2.29 bits per heavy atom. The summed E-state index contributed by atoms with van der Waals surface area (Å²) >= 11 is 4.19. The van der Waals surface area contributed by atoms with Crippen LogP contribution in [0.2, 0.25) is 0 Å². The summed E-state index contributed by atoms with van der Waals surface area (Å²) in [7, 11) is 0. The Labute approximate surface area is 111 Å². The van der Waals surface area contributed by atoms with Crippen LogP contribution in [0, 0.1) is 0 Å². The largest absolute Gasteiger partial charge is 0.345 e. The van der Waals surface area contributed by atoms with Crippen molar-refractivity contribution < 1.29 is 0 Å². The van der Waals surface area contributed by atoms with Crippen LogP contribution < -0.4 is 0 Å². The Morgan fingerprint density at radius 1 is 1.06 bits per heavy atom. The van der Waals surface area contributed by atoms with Gasteiger partial charge in [-0.2, -0.15) is 12.6 Å². The van der Waals surface area contributed by atoms with E-state index in [1.54, 1.807) is 0 Å². The number of nitrogens with zero attached hydrogens (tertiary/aromatic N) is 1. The quantitative estimate of drug-likeness (QED) is 0.466. The maximum absolute atomic E-state index is 4.25. The first-order valence-electron chi connectivity index (χ1n) is 7.00. The highest BCUT2D eigenvalue weighted by Crippen LogP contribution is 2.10. The van der Waals surface area contributed by atoms with E-state index in [4.69, 9.17) is 0 Å². The van der Waals surface area contributed by atoms with Crippen LogP contribution in [0.1, 0.15) is 69.8 Å². The van der Waals surface area contributed by atoms with Crippen molar-refractivity contribution in [1.29, 1.82) is 0 Å². The van der Waals surface area contributed by atoms with Crippen LogP contribution in [0.5, 0.6) is 0 Å². The number of aromatic amines is 1. The molecule has 2 nitrogen and oxygen atoms in total. The minimum atomic E-state index is 0.706. The molecule has 1 heterocycles. The molecule has 0 amide bonds. The Kier molecular flexibility index (Phi) is 8.24. The molecule has 1 aromatic rings. The second-order valence-corrected chi connectivity index (χ2v) is 5.05. The number of imidazole rings is 1. The fraction of sp³-hybridized carbons (Fsp3) is 0.786. The average molecular weight is 254 g/mol. The highest BCUT2D eigenvalue weighted by Gasteiger charge is 1.98. The van der Waals surface area contributed by atoms with Crippen LogP contribution in [0.4, 0.5) is 0 Å². The first-order valence-corrected chi connectivity index (χ1v) is 7.63. The molecule has 0 aromatic carbocycles. The lowest BCUT2D eigenvalue weighted by Crippen LogP contribution is -1.87. The van der Waals surface area contributed by atoms with E-state index < -0.39 is 0 Å². The topological polar surface area (TPSA) is 28.7 Å². The minimum Gasteiger partial charge on any atom is -0.345 e. The second kappa shape index (κ2) is 9.58. The van der Waals surface area contributed by atoms with Gasteiger partial charge < -0.3 is 4.98 Å². The van der Waals surface area contributed by atoms with Crippen LogP contribution in [0.3, 0.4) is 0 Å². The lowest BCUT2D eigenvalue weighted by Gasteiger charge is -2.00. The van der Waals surface area contributed by atoms with Gasteiger partial charge in [0.25, 0.3) is 0 Å². The van der Waals surface area contributed by atoms with Crippen LogP contribution in [0.15, 0.2) is 6.20 Å². The van der Waals surface area contributed by atoms with Gasteiger partial charge in [-0.15, -0.1) is 0 Å². The van der Waals surface area contributed by atoms with Crippen LogP contribution in [-0.4, -0.2) is 9.97 Å². The van der Waals surface area contributed by atoms with E-state index in [1.807, 2.05) is 6.20 Å². The van der Waals surface area contributed by atoms with E-state index in [1.165, 1.54) is 57.1 Å². The van der Waals surface area contributed by atoms with Crippen molar-refractivity contribution in [1.82, 2.24) is 9.97 Å². The second-order valence-electron chi connectivity index (χ2n) is 4.74. The fourth-order valence-electron chi connectivity index (χ4n) is 2.06. The summed E-state index contributed by atoms with van der Waals surface area (Å²) in [5.74, 6) is 1.69. The molecule has 98 valence electrons. The van der Waals surface area contributed by atoms with Gasteiger partial charge in [-0.25, -0.2) is 4.98 Å². The summed E-state index contributed by atoms with van der Waals surface area (Å²) < 4.78 is 0. The zero-order chi connectivity index (χ0) is 12.3. The summed E-state index contributed by atoms with van der Waals surface area (Å²) in [5.41, 5.74) is 1.26. The number of rotatable bonds is 10. The average Bonchev–Trinajstić information content (AvgIpc) is 2.80.